The van der Waals surface area contributed by atoms with Crippen molar-refractivity contribution in [2.45, 2.75) is 41.5 Å². The fourth-order valence-corrected chi connectivity index (χ4v) is 5.37. The van der Waals surface area contributed by atoms with Crippen LogP contribution in [0.2, 0.25) is 0 Å². The summed E-state index contributed by atoms with van der Waals surface area (Å²) in [5.41, 5.74) is 0.397. The predicted molar refractivity (Wildman–Crippen MR) is 78.9 cm³/mol. The molecule has 0 amide bonds. The second kappa shape index (κ2) is 4.67. The molecule has 1 aliphatic heterocycles. The smallest absolute Gasteiger partial charge is 0.361 e. The molecule has 17 heavy (non-hydrogen) atoms. The maximum atomic E-state index is 6.61. The number of hydrogen-bond donors (Lipinski definition) is 0. The minimum Gasteiger partial charge on any atom is -0.361 e. The Morgan fingerprint density at radius 1 is 0.824 bits per heavy atom. The molecular weight excluding hydrogens is 271 g/mol. The van der Waals surface area contributed by atoms with E-state index in [1.807, 2.05) is 12.4 Å². The lowest BCUT2D eigenvalue weighted by molar-refractivity contribution is 0.308. The molecule has 1 heterocycles. The molecule has 0 bridgehead atoms. The standard InChI is InChI=1S/C12H24Cl2N2Si/c1-11(2,3)9-15-7-8-16(17(15,13)14)10-12(4,5)6/h7-8H,9-10H2,1-6H3. The summed E-state index contributed by atoms with van der Waals surface area (Å²) in [4.78, 5) is 0. The van der Waals surface area contributed by atoms with Crippen LogP contribution in [0.4, 0.5) is 0 Å². The van der Waals surface area contributed by atoms with Crippen LogP contribution < -0.4 is 0 Å². The highest BCUT2D eigenvalue weighted by atomic mass is 35.7. The van der Waals surface area contributed by atoms with E-state index < -0.39 is 7.02 Å². The van der Waals surface area contributed by atoms with Crippen molar-refractivity contribution in [3.63, 3.8) is 0 Å². The quantitative estimate of drug-likeness (QED) is 0.559. The molecule has 0 radical (unpaired) electrons. The van der Waals surface area contributed by atoms with Gasteiger partial charge in [0.2, 0.25) is 0 Å². The van der Waals surface area contributed by atoms with Gasteiger partial charge >= 0.3 is 7.02 Å². The number of halogens is 2. The summed E-state index contributed by atoms with van der Waals surface area (Å²) in [6.45, 7) is 15.0. The van der Waals surface area contributed by atoms with Gasteiger partial charge in [0.25, 0.3) is 0 Å². The second-order valence-electron chi connectivity index (χ2n) is 7.18. The fourth-order valence-electron chi connectivity index (χ4n) is 1.82. The van der Waals surface area contributed by atoms with Gasteiger partial charge < -0.3 is 9.13 Å². The minimum atomic E-state index is -2.52. The summed E-state index contributed by atoms with van der Waals surface area (Å²) in [5.74, 6) is 0. The largest absolute Gasteiger partial charge is 0.469 e. The van der Waals surface area contributed by atoms with Gasteiger partial charge in [-0.15, -0.1) is 0 Å². The molecule has 0 fully saturated rings. The van der Waals surface area contributed by atoms with Crippen molar-refractivity contribution in [1.29, 1.82) is 0 Å². The first-order valence-electron chi connectivity index (χ1n) is 6.01. The summed E-state index contributed by atoms with van der Waals surface area (Å²) in [6.07, 6.45) is 4.09. The van der Waals surface area contributed by atoms with Gasteiger partial charge in [-0.25, -0.2) is 0 Å². The highest BCUT2D eigenvalue weighted by Gasteiger charge is 2.47. The lowest BCUT2D eigenvalue weighted by Crippen LogP contribution is -2.53. The van der Waals surface area contributed by atoms with Crippen molar-refractivity contribution in [2.75, 3.05) is 13.1 Å². The molecule has 0 aliphatic carbocycles. The molecule has 0 saturated carbocycles. The average molecular weight is 295 g/mol. The zero-order chi connectivity index (χ0) is 13.5. The number of hydrogen-bond acceptors (Lipinski definition) is 2. The predicted octanol–water partition coefficient (Wildman–Crippen LogP) is 4.08. The van der Waals surface area contributed by atoms with Crippen molar-refractivity contribution >= 4 is 29.2 Å². The highest BCUT2D eigenvalue weighted by molar-refractivity contribution is 7.43. The molecule has 0 atom stereocenters. The molecule has 0 spiro atoms. The Hall–Kier alpha value is 0.137. The molecule has 100 valence electrons. The first-order valence-corrected chi connectivity index (χ1v) is 9.93. The van der Waals surface area contributed by atoms with Crippen LogP contribution in [0.5, 0.6) is 0 Å². The van der Waals surface area contributed by atoms with E-state index in [4.69, 9.17) is 22.2 Å². The van der Waals surface area contributed by atoms with Crippen LogP contribution in [-0.4, -0.2) is 29.2 Å². The molecule has 1 aliphatic rings. The van der Waals surface area contributed by atoms with Gasteiger partial charge in [-0.2, -0.15) is 0 Å². The third-order valence-corrected chi connectivity index (χ3v) is 7.01. The number of nitrogens with zero attached hydrogens (tertiary/aromatic N) is 2. The molecule has 1 rings (SSSR count). The zero-order valence-electron chi connectivity index (χ0n) is 11.7. The van der Waals surface area contributed by atoms with Gasteiger partial charge in [-0.05, 0) is 10.8 Å². The van der Waals surface area contributed by atoms with Crippen molar-refractivity contribution in [3.05, 3.63) is 12.4 Å². The summed E-state index contributed by atoms with van der Waals surface area (Å²) in [6, 6.07) is 0. The summed E-state index contributed by atoms with van der Waals surface area (Å²) in [5, 5.41) is 0. The van der Waals surface area contributed by atoms with E-state index >= 15 is 0 Å². The highest BCUT2D eigenvalue weighted by Crippen LogP contribution is 2.35. The Labute approximate surface area is 116 Å². The zero-order valence-corrected chi connectivity index (χ0v) is 14.2. The first-order chi connectivity index (χ1) is 7.42. The number of rotatable bonds is 2. The third kappa shape index (κ3) is 4.38. The molecule has 0 saturated heterocycles. The van der Waals surface area contributed by atoms with Crippen molar-refractivity contribution in [1.82, 2.24) is 9.13 Å². The molecule has 0 aromatic heterocycles. The van der Waals surface area contributed by atoms with E-state index in [0.717, 1.165) is 13.1 Å². The summed E-state index contributed by atoms with van der Waals surface area (Å²) < 4.78 is 4.25. The SMILES string of the molecule is CC(C)(C)CN1C=CN(CC(C)(C)C)[Si]1(Cl)Cl. The Bertz CT molecular complexity index is 275. The Kier molecular flexibility index (Phi) is 4.17. The van der Waals surface area contributed by atoms with Gasteiger partial charge in [0.05, 0.1) is 0 Å². The Morgan fingerprint density at radius 2 is 1.12 bits per heavy atom. The van der Waals surface area contributed by atoms with Crippen LogP contribution in [0.25, 0.3) is 0 Å². The topological polar surface area (TPSA) is 6.48 Å². The normalized spacial score (nSPS) is 20.2. The van der Waals surface area contributed by atoms with Crippen molar-refractivity contribution < 1.29 is 0 Å². The maximum absolute atomic E-state index is 6.61. The van der Waals surface area contributed by atoms with Crippen LogP contribution in [0.1, 0.15) is 41.5 Å². The second-order valence-corrected chi connectivity index (χ2v) is 13.1. The van der Waals surface area contributed by atoms with Crippen LogP contribution in [0.3, 0.4) is 0 Å². The lowest BCUT2D eigenvalue weighted by atomic mass is 9.97. The van der Waals surface area contributed by atoms with Gasteiger partial charge in [0, 0.05) is 25.5 Å². The maximum Gasteiger partial charge on any atom is 0.469 e. The van der Waals surface area contributed by atoms with E-state index in [2.05, 4.69) is 50.7 Å². The van der Waals surface area contributed by atoms with Gasteiger partial charge in [0.15, 0.2) is 0 Å². The average Bonchev–Trinajstić information content (AvgIpc) is 2.26. The Morgan fingerprint density at radius 3 is 1.35 bits per heavy atom. The monoisotopic (exact) mass is 294 g/mol. The fraction of sp³-hybridized carbons (Fsp3) is 0.833. The van der Waals surface area contributed by atoms with E-state index in [0.29, 0.717) is 0 Å². The van der Waals surface area contributed by atoms with Crippen molar-refractivity contribution in [3.8, 4) is 0 Å². The van der Waals surface area contributed by atoms with Crippen LogP contribution in [-0.2, 0) is 0 Å². The van der Waals surface area contributed by atoms with E-state index in [1.165, 1.54) is 0 Å². The van der Waals surface area contributed by atoms with Gasteiger partial charge in [-0.1, -0.05) is 63.7 Å². The van der Waals surface area contributed by atoms with Crippen LogP contribution >= 0.6 is 22.2 Å². The van der Waals surface area contributed by atoms with Gasteiger partial charge in [-0.3, -0.25) is 0 Å². The lowest BCUT2D eigenvalue weighted by Gasteiger charge is -2.38. The minimum absolute atomic E-state index is 0.199. The molecule has 2 nitrogen and oxygen atoms in total. The molecule has 0 aromatic rings. The van der Waals surface area contributed by atoms with E-state index in [1.54, 1.807) is 0 Å². The first kappa shape index (κ1) is 15.2. The molecule has 0 unspecified atom stereocenters. The van der Waals surface area contributed by atoms with Crippen LogP contribution in [0, 0.1) is 10.8 Å². The molecular formula is C12H24Cl2N2Si. The van der Waals surface area contributed by atoms with E-state index in [9.17, 15) is 0 Å². The van der Waals surface area contributed by atoms with E-state index in [-0.39, 0.29) is 10.8 Å². The van der Waals surface area contributed by atoms with Crippen molar-refractivity contribution in [2.24, 2.45) is 10.8 Å². The molecule has 0 N–H and O–H groups in total. The van der Waals surface area contributed by atoms with Crippen LogP contribution in [0.15, 0.2) is 12.4 Å². The molecule has 0 aromatic carbocycles. The van der Waals surface area contributed by atoms with Gasteiger partial charge in [0.1, 0.15) is 0 Å². The third-order valence-electron chi connectivity index (χ3n) is 2.41. The summed E-state index contributed by atoms with van der Waals surface area (Å²) >= 11 is 13.2. The Balaban J connectivity index is 2.74. The molecule has 5 heteroatoms. The summed E-state index contributed by atoms with van der Waals surface area (Å²) in [7, 11) is -2.52.